The number of rotatable bonds is 9. The maximum atomic E-state index is 13.3. The number of benzene rings is 3. The zero-order valence-corrected chi connectivity index (χ0v) is 22.0. The molecule has 6 nitrogen and oxygen atoms in total. The van der Waals surface area contributed by atoms with Crippen molar-refractivity contribution in [2.75, 3.05) is 23.7 Å². The van der Waals surface area contributed by atoms with Gasteiger partial charge in [-0.15, -0.1) is 0 Å². The molecule has 0 aliphatic carbocycles. The average Bonchev–Trinajstić information content (AvgIpc) is 2.82. The van der Waals surface area contributed by atoms with Gasteiger partial charge < -0.3 is 10.1 Å². The summed E-state index contributed by atoms with van der Waals surface area (Å²) in [5.41, 5.74) is 1.77. The molecule has 0 fully saturated rings. The molecule has 198 valence electrons. The lowest BCUT2D eigenvalue weighted by atomic mass is 10.1. The van der Waals surface area contributed by atoms with Crippen molar-refractivity contribution in [3.8, 4) is 5.75 Å². The Morgan fingerprint density at radius 3 is 2.27 bits per heavy atom. The molecule has 0 radical (unpaired) electrons. The first-order chi connectivity index (χ1) is 17.3. The van der Waals surface area contributed by atoms with E-state index in [1.807, 2.05) is 32.0 Å². The van der Waals surface area contributed by atoms with E-state index in [9.17, 15) is 26.4 Å². The Morgan fingerprint density at radius 1 is 1.00 bits per heavy atom. The van der Waals surface area contributed by atoms with E-state index in [1.165, 1.54) is 18.2 Å². The van der Waals surface area contributed by atoms with E-state index in [1.54, 1.807) is 12.1 Å². The molecule has 0 aliphatic heterocycles. The molecule has 3 rings (SSSR count). The largest absolute Gasteiger partial charge is 0.492 e. The Morgan fingerprint density at radius 2 is 1.68 bits per heavy atom. The summed E-state index contributed by atoms with van der Waals surface area (Å²) in [7, 11) is -3.93. The minimum atomic E-state index is -4.74. The summed E-state index contributed by atoms with van der Waals surface area (Å²) >= 11 is 5.66. The number of sulfonamides is 1. The number of anilines is 1. The minimum Gasteiger partial charge on any atom is -0.492 e. The first kappa shape index (κ1) is 28.3. The molecule has 0 saturated heterocycles. The van der Waals surface area contributed by atoms with E-state index in [-0.39, 0.29) is 31.3 Å². The average molecular weight is 555 g/mol. The van der Waals surface area contributed by atoms with Crippen LogP contribution in [0.25, 0.3) is 0 Å². The van der Waals surface area contributed by atoms with E-state index < -0.39 is 26.8 Å². The van der Waals surface area contributed by atoms with Crippen molar-refractivity contribution < 1.29 is 31.1 Å². The molecule has 0 spiro atoms. The molecule has 1 N–H and O–H groups in total. The highest BCUT2D eigenvalue weighted by Crippen LogP contribution is 2.37. The number of ether oxygens (including phenoxy) is 1. The lowest BCUT2D eigenvalue weighted by Crippen LogP contribution is -2.30. The molecule has 1 amide bonds. The quantitative estimate of drug-likeness (QED) is 0.342. The molecular formula is C26H26ClF3N2O4S. The number of halogens is 4. The van der Waals surface area contributed by atoms with Crippen LogP contribution in [0.3, 0.4) is 0 Å². The van der Waals surface area contributed by atoms with Crippen LogP contribution in [0.4, 0.5) is 18.9 Å². The molecule has 0 aromatic heterocycles. The maximum absolute atomic E-state index is 13.3. The summed E-state index contributed by atoms with van der Waals surface area (Å²) in [6, 6.07) is 14.8. The van der Waals surface area contributed by atoms with Gasteiger partial charge in [0.15, 0.2) is 0 Å². The van der Waals surface area contributed by atoms with Crippen molar-refractivity contribution in [1.29, 1.82) is 0 Å². The van der Waals surface area contributed by atoms with E-state index in [4.69, 9.17) is 16.3 Å². The van der Waals surface area contributed by atoms with E-state index >= 15 is 0 Å². The molecular weight excluding hydrogens is 529 g/mol. The second kappa shape index (κ2) is 11.4. The van der Waals surface area contributed by atoms with Crippen LogP contribution < -0.4 is 14.4 Å². The molecule has 3 aromatic rings. The van der Waals surface area contributed by atoms with E-state index in [2.05, 4.69) is 5.32 Å². The zero-order valence-electron chi connectivity index (χ0n) is 20.4. The molecule has 0 aliphatic rings. The van der Waals surface area contributed by atoms with Crippen molar-refractivity contribution >= 4 is 33.2 Å². The third kappa shape index (κ3) is 7.62. The van der Waals surface area contributed by atoms with Gasteiger partial charge in [-0.25, -0.2) is 8.42 Å². The number of amides is 1. The van der Waals surface area contributed by atoms with Gasteiger partial charge in [0.05, 0.1) is 35.6 Å². The van der Waals surface area contributed by atoms with Crippen molar-refractivity contribution in [2.45, 2.75) is 26.6 Å². The first-order valence-electron chi connectivity index (χ1n) is 11.2. The van der Waals surface area contributed by atoms with Gasteiger partial charge in [0.25, 0.3) is 5.91 Å². The van der Waals surface area contributed by atoms with E-state index in [0.717, 1.165) is 27.8 Å². The van der Waals surface area contributed by atoms with Crippen LogP contribution in [0.5, 0.6) is 5.75 Å². The first-order valence-corrected chi connectivity index (χ1v) is 13.4. The number of hydrogen-bond acceptors (Lipinski definition) is 4. The van der Waals surface area contributed by atoms with Crippen molar-refractivity contribution in [3.05, 3.63) is 93.5 Å². The number of nitrogens with zero attached hydrogens (tertiary/aromatic N) is 1. The van der Waals surface area contributed by atoms with Crippen LogP contribution in [-0.2, 0) is 22.7 Å². The number of aryl methyl sites for hydroxylation is 2. The SMILES string of the molecule is Cc1ccc(OCCNC(=O)c2ccc(CN(c3ccc(Cl)c(C(F)(F)F)c3)S(C)(=O)=O)cc2)cc1C. The molecule has 0 unspecified atom stereocenters. The van der Waals surface area contributed by atoms with Crippen LogP contribution in [-0.4, -0.2) is 33.7 Å². The molecule has 0 saturated carbocycles. The molecule has 0 heterocycles. The van der Waals surface area contributed by atoms with Crippen LogP contribution in [0.15, 0.2) is 60.7 Å². The van der Waals surface area contributed by atoms with Gasteiger partial charge in [0.2, 0.25) is 10.0 Å². The number of carbonyl (C=O) groups excluding carboxylic acids is 1. The monoisotopic (exact) mass is 554 g/mol. The summed E-state index contributed by atoms with van der Waals surface area (Å²) in [6.45, 7) is 4.30. The summed E-state index contributed by atoms with van der Waals surface area (Å²) in [4.78, 5) is 12.4. The number of nitrogens with one attached hydrogen (secondary N) is 1. The fraction of sp³-hybridized carbons (Fsp3) is 0.269. The van der Waals surface area contributed by atoms with Gasteiger partial charge in [-0.2, -0.15) is 13.2 Å². The van der Waals surface area contributed by atoms with Gasteiger partial charge in [-0.1, -0.05) is 29.8 Å². The number of carbonyl (C=O) groups is 1. The van der Waals surface area contributed by atoms with Crippen LogP contribution in [0.1, 0.15) is 32.6 Å². The topological polar surface area (TPSA) is 75.7 Å². The smallest absolute Gasteiger partial charge is 0.417 e. The van der Waals surface area contributed by atoms with Gasteiger partial charge >= 0.3 is 6.18 Å². The summed E-state index contributed by atoms with van der Waals surface area (Å²) in [5.74, 6) is 0.364. The lowest BCUT2D eigenvalue weighted by Gasteiger charge is -2.24. The summed E-state index contributed by atoms with van der Waals surface area (Å²) in [6.07, 6.45) is -3.84. The molecule has 11 heteroatoms. The van der Waals surface area contributed by atoms with Crippen LogP contribution >= 0.6 is 11.6 Å². The van der Waals surface area contributed by atoms with Gasteiger partial charge in [-0.05, 0) is 73.0 Å². The van der Waals surface area contributed by atoms with Crippen molar-refractivity contribution in [3.63, 3.8) is 0 Å². The predicted octanol–water partition coefficient (Wildman–Crippen LogP) is 5.75. The Labute approximate surface area is 219 Å². The fourth-order valence-electron chi connectivity index (χ4n) is 3.45. The van der Waals surface area contributed by atoms with Crippen LogP contribution in [0.2, 0.25) is 5.02 Å². The summed E-state index contributed by atoms with van der Waals surface area (Å²) in [5, 5.41) is 2.21. The molecule has 3 aromatic carbocycles. The Hall–Kier alpha value is -3.24. The van der Waals surface area contributed by atoms with Crippen molar-refractivity contribution in [1.82, 2.24) is 5.32 Å². The number of alkyl halides is 3. The molecule has 0 bridgehead atoms. The molecule has 37 heavy (non-hydrogen) atoms. The van der Waals surface area contributed by atoms with Gasteiger partial charge in [0.1, 0.15) is 12.4 Å². The van der Waals surface area contributed by atoms with Crippen LogP contribution in [0, 0.1) is 13.8 Å². The van der Waals surface area contributed by atoms with Gasteiger partial charge in [0, 0.05) is 5.56 Å². The maximum Gasteiger partial charge on any atom is 0.417 e. The Balaban J connectivity index is 1.64. The molecule has 0 atom stereocenters. The highest BCUT2D eigenvalue weighted by Gasteiger charge is 2.34. The number of hydrogen-bond donors (Lipinski definition) is 1. The van der Waals surface area contributed by atoms with Gasteiger partial charge in [-0.3, -0.25) is 9.10 Å². The highest BCUT2D eigenvalue weighted by molar-refractivity contribution is 7.92. The Kier molecular flexibility index (Phi) is 8.76. The normalized spacial score (nSPS) is 11.8. The predicted molar refractivity (Wildman–Crippen MR) is 138 cm³/mol. The highest BCUT2D eigenvalue weighted by atomic mass is 35.5. The third-order valence-electron chi connectivity index (χ3n) is 5.62. The second-order valence-corrected chi connectivity index (χ2v) is 10.8. The van der Waals surface area contributed by atoms with Crippen molar-refractivity contribution in [2.24, 2.45) is 0 Å². The zero-order chi connectivity index (χ0) is 27.4. The minimum absolute atomic E-state index is 0.176. The summed E-state index contributed by atoms with van der Waals surface area (Å²) < 4.78 is 71.0. The second-order valence-electron chi connectivity index (χ2n) is 8.48. The lowest BCUT2D eigenvalue weighted by molar-refractivity contribution is -0.137. The fourth-order valence-corrected chi connectivity index (χ4v) is 4.56. The third-order valence-corrected chi connectivity index (χ3v) is 7.09. The standard InChI is InChI=1S/C26H26ClF3N2O4S/c1-17-4-10-22(14-18(17)2)36-13-12-31-25(33)20-7-5-19(6-8-20)16-32(37(3,34)35)21-9-11-24(27)23(15-21)26(28,29)30/h4-11,14-15H,12-13,16H2,1-3H3,(H,31,33). The Bertz CT molecular complexity index is 1380. The van der Waals surface area contributed by atoms with E-state index in [0.29, 0.717) is 22.9 Å².